The van der Waals surface area contributed by atoms with Crippen LogP contribution in [0.3, 0.4) is 0 Å². The van der Waals surface area contributed by atoms with Gasteiger partial charge in [-0.25, -0.2) is 4.79 Å². The second-order valence-corrected chi connectivity index (χ2v) is 10.4. The average molecular weight is 548 g/mol. The molecule has 2 aromatic rings. The molecule has 2 aliphatic rings. The fourth-order valence-corrected chi connectivity index (χ4v) is 5.24. The van der Waals surface area contributed by atoms with Gasteiger partial charge in [0.2, 0.25) is 5.91 Å². The number of benzene rings is 2. The molecule has 0 spiro atoms. The van der Waals surface area contributed by atoms with Crippen molar-refractivity contribution in [3.05, 3.63) is 71.8 Å². The first kappa shape index (κ1) is 30.6. The third-order valence-electron chi connectivity index (χ3n) is 7.44. The maximum atomic E-state index is 13.3. The normalized spacial score (nSPS) is 17.2. The van der Waals surface area contributed by atoms with Gasteiger partial charge in [-0.15, -0.1) is 0 Å². The number of carbonyl (C=O) groups is 2. The second-order valence-electron chi connectivity index (χ2n) is 10.4. The van der Waals surface area contributed by atoms with Gasteiger partial charge in [-0.3, -0.25) is 4.79 Å². The van der Waals surface area contributed by atoms with Crippen LogP contribution in [-0.2, 0) is 22.6 Å². The Kier molecular flexibility index (Phi) is 12.3. The largest absolute Gasteiger partial charge is 0.490 e. The summed E-state index contributed by atoms with van der Waals surface area (Å²) in [6.07, 6.45) is 1.71. The van der Waals surface area contributed by atoms with E-state index >= 15 is 0 Å². The molecule has 0 unspecified atom stereocenters. The summed E-state index contributed by atoms with van der Waals surface area (Å²) in [6, 6.07) is 21.4. The molecule has 6 nitrogen and oxygen atoms in total. The molecule has 1 amide bonds. The number of alkyl halides is 3. The zero-order chi connectivity index (χ0) is 28.1. The molecular formula is C30H40F3N3O3. The number of amides is 1. The molecule has 2 N–H and O–H groups in total. The van der Waals surface area contributed by atoms with Gasteiger partial charge in [0.1, 0.15) is 0 Å². The summed E-state index contributed by atoms with van der Waals surface area (Å²) in [5.41, 5.74) is 2.70. The molecule has 0 saturated carbocycles. The number of carboxylic acid groups (broad SMARTS) is 1. The number of nitrogens with one attached hydrogen (secondary N) is 1. The molecule has 0 atom stereocenters. The van der Waals surface area contributed by atoms with Crippen LogP contribution >= 0.6 is 0 Å². The lowest BCUT2D eigenvalue weighted by Gasteiger charge is -2.33. The zero-order valence-electron chi connectivity index (χ0n) is 22.4. The highest BCUT2D eigenvalue weighted by atomic mass is 19.4. The van der Waals surface area contributed by atoms with E-state index in [0.717, 1.165) is 57.9 Å². The number of piperidine rings is 2. The van der Waals surface area contributed by atoms with Crippen molar-refractivity contribution in [3.63, 3.8) is 0 Å². The van der Waals surface area contributed by atoms with Crippen LogP contribution in [0.2, 0.25) is 0 Å². The smallest absolute Gasteiger partial charge is 0.475 e. The number of hydrogen-bond donors (Lipinski definition) is 2. The van der Waals surface area contributed by atoms with Crippen molar-refractivity contribution >= 4 is 11.9 Å². The summed E-state index contributed by atoms with van der Waals surface area (Å²) in [5, 5.41) is 10.5. The fourth-order valence-electron chi connectivity index (χ4n) is 5.24. The summed E-state index contributed by atoms with van der Waals surface area (Å²) >= 11 is 0. The standard InChI is InChI=1S/C28H39N3O.C2HF3O2/c32-28(27-12-16-29-17-13-27)31(23-26-10-5-2-6-11-26)19-7-18-30-20-14-25(15-21-30)22-24-8-3-1-4-9-24;3-2(4,5)1(6)7/h1-6,8-11,25,27,29H,7,12-23H2;(H,6,7). The van der Waals surface area contributed by atoms with Gasteiger partial charge in [0, 0.05) is 19.0 Å². The van der Waals surface area contributed by atoms with Crippen LogP contribution in [0.5, 0.6) is 0 Å². The molecule has 2 saturated heterocycles. The zero-order valence-corrected chi connectivity index (χ0v) is 22.4. The Balaban J connectivity index is 0.000000532. The maximum absolute atomic E-state index is 13.3. The molecule has 2 aromatic carbocycles. The minimum absolute atomic E-state index is 0.189. The number of likely N-dealkylation sites (tertiary alicyclic amines) is 1. The van der Waals surface area contributed by atoms with Crippen LogP contribution in [0, 0.1) is 11.8 Å². The molecule has 39 heavy (non-hydrogen) atoms. The first-order valence-corrected chi connectivity index (χ1v) is 13.8. The molecule has 0 aromatic heterocycles. The summed E-state index contributed by atoms with van der Waals surface area (Å²) in [4.78, 5) is 26.9. The van der Waals surface area contributed by atoms with Crippen molar-refractivity contribution in [1.29, 1.82) is 0 Å². The fraction of sp³-hybridized carbons (Fsp3) is 0.533. The van der Waals surface area contributed by atoms with Crippen LogP contribution in [0.25, 0.3) is 0 Å². The molecule has 9 heteroatoms. The Morgan fingerprint density at radius 2 is 1.44 bits per heavy atom. The predicted molar refractivity (Wildman–Crippen MR) is 145 cm³/mol. The summed E-state index contributed by atoms with van der Waals surface area (Å²) in [6.45, 7) is 7.02. The maximum Gasteiger partial charge on any atom is 0.490 e. The van der Waals surface area contributed by atoms with Crippen LogP contribution in [-0.4, -0.2) is 72.2 Å². The summed E-state index contributed by atoms with van der Waals surface area (Å²) in [5.74, 6) is -1.40. The SMILES string of the molecule is O=C(C1CCNCC1)N(CCCN1CCC(Cc2ccccc2)CC1)Cc1ccccc1.O=C(O)C(F)(F)F. The molecule has 2 heterocycles. The molecule has 214 valence electrons. The lowest BCUT2D eigenvalue weighted by molar-refractivity contribution is -0.192. The highest BCUT2D eigenvalue weighted by molar-refractivity contribution is 5.79. The van der Waals surface area contributed by atoms with Gasteiger partial charge in [-0.1, -0.05) is 60.7 Å². The first-order valence-electron chi connectivity index (χ1n) is 13.8. The van der Waals surface area contributed by atoms with Crippen LogP contribution in [0.15, 0.2) is 60.7 Å². The van der Waals surface area contributed by atoms with E-state index in [1.54, 1.807) is 0 Å². The Morgan fingerprint density at radius 1 is 0.897 bits per heavy atom. The van der Waals surface area contributed by atoms with Crippen LogP contribution < -0.4 is 5.32 Å². The van der Waals surface area contributed by atoms with E-state index in [1.165, 1.54) is 43.5 Å². The minimum Gasteiger partial charge on any atom is -0.475 e. The molecule has 0 radical (unpaired) electrons. The van der Waals surface area contributed by atoms with Gasteiger partial charge in [0.05, 0.1) is 0 Å². The van der Waals surface area contributed by atoms with E-state index in [-0.39, 0.29) is 5.92 Å². The van der Waals surface area contributed by atoms with Crippen molar-refractivity contribution in [2.75, 3.05) is 39.3 Å². The van der Waals surface area contributed by atoms with Gasteiger partial charge in [-0.05, 0) is 88.3 Å². The Morgan fingerprint density at radius 3 is 1.97 bits per heavy atom. The number of hydrogen-bond acceptors (Lipinski definition) is 4. The molecule has 2 fully saturated rings. The van der Waals surface area contributed by atoms with Crippen LogP contribution in [0.1, 0.15) is 43.2 Å². The minimum atomic E-state index is -5.08. The molecule has 0 aliphatic carbocycles. The lowest BCUT2D eigenvalue weighted by atomic mass is 9.90. The van der Waals surface area contributed by atoms with Crippen molar-refractivity contribution in [2.45, 2.75) is 51.2 Å². The topological polar surface area (TPSA) is 72.9 Å². The van der Waals surface area contributed by atoms with E-state index < -0.39 is 12.1 Å². The molecule has 0 bridgehead atoms. The number of carbonyl (C=O) groups excluding carboxylic acids is 1. The third-order valence-corrected chi connectivity index (χ3v) is 7.44. The Bertz CT molecular complexity index is 991. The highest BCUT2D eigenvalue weighted by Crippen LogP contribution is 2.22. The number of aliphatic carboxylic acids is 1. The van der Waals surface area contributed by atoms with Crippen molar-refractivity contribution in [3.8, 4) is 0 Å². The van der Waals surface area contributed by atoms with Gasteiger partial charge in [0.25, 0.3) is 0 Å². The Hall–Kier alpha value is -2.91. The molecule has 2 aliphatic heterocycles. The third kappa shape index (κ3) is 11.0. The Labute approximate surface area is 229 Å². The van der Waals surface area contributed by atoms with Crippen LogP contribution in [0.4, 0.5) is 13.2 Å². The van der Waals surface area contributed by atoms with Gasteiger partial charge in [0.15, 0.2) is 0 Å². The average Bonchev–Trinajstić information content (AvgIpc) is 2.94. The van der Waals surface area contributed by atoms with E-state index in [9.17, 15) is 18.0 Å². The van der Waals surface area contributed by atoms with Crippen molar-refractivity contribution < 1.29 is 27.9 Å². The van der Waals surface area contributed by atoms with Gasteiger partial charge in [-0.2, -0.15) is 13.2 Å². The number of carboxylic acids is 1. The van der Waals surface area contributed by atoms with Crippen molar-refractivity contribution in [2.24, 2.45) is 11.8 Å². The number of halogens is 3. The van der Waals surface area contributed by atoms with E-state index in [4.69, 9.17) is 9.90 Å². The summed E-state index contributed by atoms with van der Waals surface area (Å²) < 4.78 is 31.7. The lowest BCUT2D eigenvalue weighted by Crippen LogP contribution is -2.42. The van der Waals surface area contributed by atoms with Gasteiger partial charge < -0.3 is 20.2 Å². The van der Waals surface area contributed by atoms with Crippen molar-refractivity contribution in [1.82, 2.24) is 15.1 Å². The van der Waals surface area contributed by atoms with E-state index in [1.807, 2.05) is 6.07 Å². The van der Waals surface area contributed by atoms with Gasteiger partial charge >= 0.3 is 12.1 Å². The number of rotatable bonds is 9. The molecular weight excluding hydrogens is 507 g/mol. The second kappa shape index (κ2) is 15.6. The highest BCUT2D eigenvalue weighted by Gasteiger charge is 2.38. The molecule has 4 rings (SSSR count). The monoisotopic (exact) mass is 547 g/mol. The van der Waals surface area contributed by atoms with E-state index in [2.05, 4.69) is 69.7 Å². The van der Waals surface area contributed by atoms with E-state index in [0.29, 0.717) is 5.91 Å². The first-order chi connectivity index (χ1) is 18.7. The summed E-state index contributed by atoms with van der Waals surface area (Å²) in [7, 11) is 0. The predicted octanol–water partition coefficient (Wildman–Crippen LogP) is 4.99. The number of nitrogens with zero attached hydrogens (tertiary/aromatic N) is 2. The quantitative estimate of drug-likeness (QED) is 0.463.